The van der Waals surface area contributed by atoms with Gasteiger partial charge in [-0.3, -0.25) is 4.90 Å². The molecule has 1 atom stereocenters. The first-order valence-electron chi connectivity index (χ1n) is 4.11. The summed E-state index contributed by atoms with van der Waals surface area (Å²) < 4.78 is 10.2. The molecule has 0 unspecified atom stereocenters. The van der Waals surface area contributed by atoms with Crippen molar-refractivity contribution in [2.75, 3.05) is 40.5 Å². The normalized spacial score (nSPS) is 26.2. The highest BCUT2D eigenvalue weighted by atomic mass is 16.5. The van der Waals surface area contributed by atoms with E-state index in [1.165, 1.54) is 6.42 Å². The van der Waals surface area contributed by atoms with Crippen LogP contribution in [0.1, 0.15) is 6.42 Å². The van der Waals surface area contributed by atoms with E-state index in [0.29, 0.717) is 6.10 Å². The van der Waals surface area contributed by atoms with Crippen molar-refractivity contribution >= 4 is 0 Å². The third-order valence-electron chi connectivity index (χ3n) is 2.17. The van der Waals surface area contributed by atoms with Gasteiger partial charge in [0.1, 0.15) is 0 Å². The molecule has 1 heterocycles. The first-order chi connectivity index (χ1) is 5.36. The summed E-state index contributed by atoms with van der Waals surface area (Å²) in [6.45, 7) is 4.09. The van der Waals surface area contributed by atoms with E-state index in [-0.39, 0.29) is 0 Å². The molecule has 0 spiro atoms. The Morgan fingerprint density at radius 3 is 2.82 bits per heavy atom. The zero-order valence-electron chi connectivity index (χ0n) is 7.38. The SMILES string of the molecule is COCCN1CC[C@H](OC)C1. The van der Waals surface area contributed by atoms with Crippen LogP contribution in [0.3, 0.4) is 0 Å². The lowest BCUT2D eigenvalue weighted by Gasteiger charge is -2.14. The van der Waals surface area contributed by atoms with Crippen molar-refractivity contribution in [1.82, 2.24) is 4.90 Å². The highest BCUT2D eigenvalue weighted by Crippen LogP contribution is 2.10. The van der Waals surface area contributed by atoms with Gasteiger partial charge in [0.25, 0.3) is 0 Å². The Morgan fingerprint density at radius 2 is 2.27 bits per heavy atom. The van der Waals surface area contributed by atoms with Crippen molar-refractivity contribution in [3.63, 3.8) is 0 Å². The third-order valence-corrected chi connectivity index (χ3v) is 2.17. The van der Waals surface area contributed by atoms with Crippen LogP contribution in [0.4, 0.5) is 0 Å². The number of ether oxygens (including phenoxy) is 2. The molecular weight excluding hydrogens is 142 g/mol. The maximum Gasteiger partial charge on any atom is 0.0710 e. The largest absolute Gasteiger partial charge is 0.383 e. The number of rotatable bonds is 4. The molecule has 66 valence electrons. The van der Waals surface area contributed by atoms with Gasteiger partial charge in [0.2, 0.25) is 0 Å². The monoisotopic (exact) mass is 159 g/mol. The molecule has 0 aromatic rings. The first kappa shape index (κ1) is 8.97. The molecule has 1 aliphatic heterocycles. The third kappa shape index (κ3) is 2.77. The van der Waals surface area contributed by atoms with Crippen LogP contribution in [0, 0.1) is 0 Å². The molecule has 0 aromatic carbocycles. The first-order valence-corrected chi connectivity index (χ1v) is 4.11. The molecule has 0 amide bonds. The molecule has 11 heavy (non-hydrogen) atoms. The van der Waals surface area contributed by atoms with Gasteiger partial charge in [0.15, 0.2) is 0 Å². The molecule has 0 aromatic heterocycles. The van der Waals surface area contributed by atoms with Crippen LogP contribution in [-0.4, -0.2) is 51.5 Å². The maximum atomic E-state index is 5.24. The fraction of sp³-hybridized carbons (Fsp3) is 1.00. The van der Waals surface area contributed by atoms with Crippen molar-refractivity contribution < 1.29 is 9.47 Å². The zero-order valence-corrected chi connectivity index (χ0v) is 7.38. The number of nitrogens with zero attached hydrogens (tertiary/aromatic N) is 1. The van der Waals surface area contributed by atoms with E-state index in [1.54, 1.807) is 14.2 Å². The lowest BCUT2D eigenvalue weighted by atomic mass is 10.3. The lowest BCUT2D eigenvalue weighted by molar-refractivity contribution is 0.101. The second-order valence-corrected chi connectivity index (χ2v) is 2.94. The minimum atomic E-state index is 0.451. The highest BCUT2D eigenvalue weighted by Gasteiger charge is 2.20. The van der Waals surface area contributed by atoms with Crippen molar-refractivity contribution in [2.24, 2.45) is 0 Å². The van der Waals surface area contributed by atoms with Crippen molar-refractivity contribution in [3.05, 3.63) is 0 Å². The molecule has 0 saturated carbocycles. The van der Waals surface area contributed by atoms with Crippen LogP contribution < -0.4 is 0 Å². The van der Waals surface area contributed by atoms with Gasteiger partial charge >= 0.3 is 0 Å². The summed E-state index contributed by atoms with van der Waals surface area (Å²) in [4.78, 5) is 2.37. The van der Waals surface area contributed by atoms with Crippen molar-refractivity contribution in [3.8, 4) is 0 Å². The second-order valence-electron chi connectivity index (χ2n) is 2.94. The standard InChI is InChI=1S/C8H17NO2/c1-10-6-5-9-4-3-8(7-9)11-2/h8H,3-7H2,1-2H3/t8-/m0/s1. The van der Waals surface area contributed by atoms with Gasteiger partial charge in [-0.25, -0.2) is 0 Å². The van der Waals surface area contributed by atoms with E-state index >= 15 is 0 Å². The van der Waals surface area contributed by atoms with Gasteiger partial charge in [-0.05, 0) is 6.42 Å². The van der Waals surface area contributed by atoms with E-state index in [9.17, 15) is 0 Å². The average Bonchev–Trinajstić information content (AvgIpc) is 2.48. The quantitative estimate of drug-likeness (QED) is 0.591. The summed E-state index contributed by atoms with van der Waals surface area (Å²) >= 11 is 0. The van der Waals surface area contributed by atoms with E-state index in [0.717, 1.165) is 26.2 Å². The second kappa shape index (κ2) is 4.70. The topological polar surface area (TPSA) is 21.7 Å². The van der Waals surface area contributed by atoms with Crippen LogP contribution in [0.15, 0.2) is 0 Å². The molecule has 1 saturated heterocycles. The fourth-order valence-electron chi connectivity index (χ4n) is 1.41. The predicted molar refractivity (Wildman–Crippen MR) is 43.7 cm³/mol. The van der Waals surface area contributed by atoms with E-state index in [2.05, 4.69) is 4.90 Å². The number of likely N-dealkylation sites (tertiary alicyclic amines) is 1. The van der Waals surface area contributed by atoms with Gasteiger partial charge < -0.3 is 9.47 Å². The number of hydrogen-bond acceptors (Lipinski definition) is 3. The zero-order chi connectivity index (χ0) is 8.10. The van der Waals surface area contributed by atoms with Crippen LogP contribution in [0.5, 0.6) is 0 Å². The van der Waals surface area contributed by atoms with Crippen LogP contribution in [0.25, 0.3) is 0 Å². The average molecular weight is 159 g/mol. The molecule has 0 bridgehead atoms. The van der Waals surface area contributed by atoms with E-state index in [4.69, 9.17) is 9.47 Å². The molecule has 3 heteroatoms. The van der Waals surface area contributed by atoms with Gasteiger partial charge in [0.05, 0.1) is 12.7 Å². The molecule has 1 fully saturated rings. The fourth-order valence-corrected chi connectivity index (χ4v) is 1.41. The lowest BCUT2D eigenvalue weighted by Crippen LogP contribution is -2.26. The molecule has 1 aliphatic rings. The molecule has 1 rings (SSSR count). The molecule has 0 radical (unpaired) electrons. The smallest absolute Gasteiger partial charge is 0.0710 e. The van der Waals surface area contributed by atoms with Crippen molar-refractivity contribution in [1.29, 1.82) is 0 Å². The summed E-state index contributed by atoms with van der Waals surface area (Å²) in [5, 5.41) is 0. The van der Waals surface area contributed by atoms with Crippen LogP contribution in [0.2, 0.25) is 0 Å². The van der Waals surface area contributed by atoms with Gasteiger partial charge in [0, 0.05) is 33.9 Å². The number of hydrogen-bond donors (Lipinski definition) is 0. The summed E-state index contributed by atoms with van der Waals surface area (Å²) in [7, 11) is 3.52. The molecule has 0 N–H and O–H groups in total. The van der Waals surface area contributed by atoms with Crippen LogP contribution in [-0.2, 0) is 9.47 Å². The molecule has 0 aliphatic carbocycles. The summed E-state index contributed by atoms with van der Waals surface area (Å²) in [6.07, 6.45) is 1.62. The summed E-state index contributed by atoms with van der Waals surface area (Å²) in [5.41, 5.74) is 0. The minimum absolute atomic E-state index is 0.451. The Morgan fingerprint density at radius 1 is 1.45 bits per heavy atom. The summed E-state index contributed by atoms with van der Waals surface area (Å²) in [6, 6.07) is 0. The van der Waals surface area contributed by atoms with E-state index < -0.39 is 0 Å². The Labute approximate surface area is 68.3 Å². The molecule has 3 nitrogen and oxygen atoms in total. The number of methoxy groups -OCH3 is 2. The van der Waals surface area contributed by atoms with Gasteiger partial charge in [-0.15, -0.1) is 0 Å². The predicted octanol–water partition coefficient (Wildman–Crippen LogP) is 0.353. The Kier molecular flexibility index (Phi) is 3.83. The van der Waals surface area contributed by atoms with E-state index in [1.807, 2.05) is 0 Å². The van der Waals surface area contributed by atoms with Gasteiger partial charge in [-0.2, -0.15) is 0 Å². The Bertz CT molecular complexity index is 108. The van der Waals surface area contributed by atoms with Crippen molar-refractivity contribution in [2.45, 2.75) is 12.5 Å². The minimum Gasteiger partial charge on any atom is -0.383 e. The Hall–Kier alpha value is -0.120. The van der Waals surface area contributed by atoms with Gasteiger partial charge in [-0.1, -0.05) is 0 Å². The summed E-state index contributed by atoms with van der Waals surface area (Å²) in [5.74, 6) is 0. The molecular formula is C8H17NO2. The van der Waals surface area contributed by atoms with Crippen LogP contribution >= 0.6 is 0 Å². The Balaban J connectivity index is 2.09. The maximum absolute atomic E-state index is 5.24. The highest BCUT2D eigenvalue weighted by molar-refractivity contribution is 4.74.